The SMILES string of the molecule is Cc1ccc(-c2c(C#N)c(C(F)(F)F)nn2-c2ccc(N=S(=O)=O)cc2)cc1. The van der Waals surface area contributed by atoms with Crippen LogP contribution >= 0.6 is 0 Å². The number of benzene rings is 2. The molecule has 0 aliphatic rings. The van der Waals surface area contributed by atoms with Crippen molar-refractivity contribution in [2.75, 3.05) is 0 Å². The molecule has 0 saturated heterocycles. The molecule has 10 heteroatoms. The minimum absolute atomic E-state index is 0.00749. The average Bonchev–Trinajstić information content (AvgIpc) is 3.02. The molecular formula is C18H11F3N4O2S. The molecule has 6 nitrogen and oxygen atoms in total. The molecular weight excluding hydrogens is 393 g/mol. The van der Waals surface area contributed by atoms with Crippen LogP contribution in [0.15, 0.2) is 52.9 Å². The Kier molecular flexibility index (Phi) is 5.02. The van der Waals surface area contributed by atoms with E-state index in [9.17, 15) is 26.9 Å². The van der Waals surface area contributed by atoms with Crippen LogP contribution in [0.3, 0.4) is 0 Å². The van der Waals surface area contributed by atoms with Gasteiger partial charge in [-0.05, 0) is 31.2 Å². The number of hydrogen-bond acceptors (Lipinski definition) is 5. The molecule has 0 aliphatic heterocycles. The van der Waals surface area contributed by atoms with Crippen molar-refractivity contribution in [3.63, 3.8) is 0 Å². The Bertz CT molecular complexity index is 1200. The Morgan fingerprint density at radius 1 is 1.07 bits per heavy atom. The maximum atomic E-state index is 13.4. The fourth-order valence-electron chi connectivity index (χ4n) is 2.63. The first kappa shape index (κ1) is 19.3. The smallest absolute Gasteiger partial charge is 0.231 e. The number of rotatable bonds is 3. The van der Waals surface area contributed by atoms with Crippen LogP contribution in [0, 0.1) is 18.3 Å². The van der Waals surface area contributed by atoms with Crippen molar-refractivity contribution in [2.24, 2.45) is 4.36 Å². The van der Waals surface area contributed by atoms with Crippen LogP contribution in [0.4, 0.5) is 18.9 Å². The van der Waals surface area contributed by atoms with E-state index >= 15 is 0 Å². The quantitative estimate of drug-likeness (QED) is 0.646. The van der Waals surface area contributed by atoms with Crippen molar-refractivity contribution in [3.8, 4) is 23.0 Å². The molecule has 28 heavy (non-hydrogen) atoms. The second-order valence-electron chi connectivity index (χ2n) is 5.78. The van der Waals surface area contributed by atoms with Crippen LogP contribution in [0.2, 0.25) is 0 Å². The predicted molar refractivity (Wildman–Crippen MR) is 94.5 cm³/mol. The molecule has 1 heterocycles. The molecule has 0 atom stereocenters. The highest BCUT2D eigenvalue weighted by atomic mass is 32.2. The predicted octanol–water partition coefficient (Wildman–Crippen LogP) is 4.43. The van der Waals surface area contributed by atoms with E-state index in [0.717, 1.165) is 10.2 Å². The van der Waals surface area contributed by atoms with Crippen molar-refractivity contribution < 1.29 is 21.6 Å². The summed E-state index contributed by atoms with van der Waals surface area (Å²) in [6, 6.07) is 13.6. The summed E-state index contributed by atoms with van der Waals surface area (Å²) in [6.45, 7) is 1.83. The van der Waals surface area contributed by atoms with Crippen molar-refractivity contribution in [2.45, 2.75) is 13.1 Å². The zero-order chi connectivity index (χ0) is 20.5. The number of nitrogens with zero attached hydrogens (tertiary/aromatic N) is 4. The molecule has 0 saturated carbocycles. The third kappa shape index (κ3) is 3.79. The number of hydrogen-bond donors (Lipinski definition) is 0. The van der Waals surface area contributed by atoms with Gasteiger partial charge < -0.3 is 0 Å². The van der Waals surface area contributed by atoms with E-state index < -0.39 is 27.9 Å². The second kappa shape index (κ2) is 7.28. The van der Waals surface area contributed by atoms with Gasteiger partial charge in [-0.3, -0.25) is 0 Å². The largest absolute Gasteiger partial charge is 0.436 e. The van der Waals surface area contributed by atoms with Gasteiger partial charge in [0.05, 0.1) is 17.1 Å². The summed E-state index contributed by atoms with van der Waals surface area (Å²) in [5.41, 5.74) is -0.269. The van der Waals surface area contributed by atoms with E-state index in [2.05, 4.69) is 9.46 Å². The molecule has 0 bridgehead atoms. The number of alkyl halides is 3. The summed E-state index contributed by atoms with van der Waals surface area (Å²) in [4.78, 5) is 0. The van der Waals surface area contributed by atoms with Crippen LogP contribution < -0.4 is 0 Å². The summed E-state index contributed by atoms with van der Waals surface area (Å²) in [7, 11) is -2.66. The first-order valence-corrected chi connectivity index (χ1v) is 8.83. The molecule has 142 valence electrons. The van der Waals surface area contributed by atoms with Gasteiger partial charge in [-0.2, -0.15) is 31.9 Å². The van der Waals surface area contributed by atoms with Crippen LogP contribution in [0.25, 0.3) is 16.9 Å². The molecule has 2 aromatic carbocycles. The van der Waals surface area contributed by atoms with Gasteiger partial charge in [-0.25, -0.2) is 4.68 Å². The van der Waals surface area contributed by atoms with Gasteiger partial charge in [-0.15, -0.1) is 4.36 Å². The maximum Gasteiger partial charge on any atom is 0.436 e. The van der Waals surface area contributed by atoms with Gasteiger partial charge in [0, 0.05) is 5.56 Å². The normalized spacial score (nSPS) is 11.1. The fourth-order valence-corrected chi connectivity index (χ4v) is 2.92. The van der Waals surface area contributed by atoms with Crippen LogP contribution in [-0.4, -0.2) is 18.2 Å². The Labute approximate surface area is 159 Å². The minimum atomic E-state index is -4.81. The molecule has 0 fully saturated rings. The topological polar surface area (TPSA) is 88.1 Å². The lowest BCUT2D eigenvalue weighted by molar-refractivity contribution is -0.141. The van der Waals surface area contributed by atoms with Gasteiger partial charge in [0.1, 0.15) is 11.6 Å². The minimum Gasteiger partial charge on any atom is -0.231 e. The van der Waals surface area contributed by atoms with Crippen LogP contribution in [0.1, 0.15) is 16.8 Å². The standard InChI is InChI=1S/C18H11F3N4O2S/c1-11-2-4-12(5-3-11)16-15(10-22)17(18(19,20)21)23-25(16)14-8-6-13(7-9-14)24-28(26)27/h2-9H,1H3. The van der Waals surface area contributed by atoms with E-state index in [1.54, 1.807) is 30.3 Å². The van der Waals surface area contributed by atoms with Gasteiger partial charge in [0.2, 0.25) is 0 Å². The third-order valence-corrected chi connectivity index (χ3v) is 4.22. The molecule has 3 rings (SSSR count). The van der Waals surface area contributed by atoms with Crippen molar-refractivity contribution in [1.29, 1.82) is 5.26 Å². The van der Waals surface area contributed by atoms with Crippen molar-refractivity contribution in [1.82, 2.24) is 9.78 Å². The summed E-state index contributed by atoms with van der Waals surface area (Å²) in [5.74, 6) is 0. The first-order chi connectivity index (χ1) is 13.2. The Morgan fingerprint density at radius 2 is 1.68 bits per heavy atom. The lowest BCUT2D eigenvalue weighted by Crippen LogP contribution is -2.08. The molecule has 3 aromatic rings. The van der Waals surface area contributed by atoms with E-state index in [0.29, 0.717) is 5.56 Å². The zero-order valence-electron chi connectivity index (χ0n) is 14.3. The fraction of sp³-hybridized carbons (Fsp3) is 0.111. The molecule has 0 unspecified atom stereocenters. The van der Waals surface area contributed by atoms with Gasteiger partial charge in [0.25, 0.3) is 0 Å². The number of halogens is 3. The molecule has 0 spiro atoms. The molecule has 0 radical (unpaired) electrons. The summed E-state index contributed by atoms with van der Waals surface area (Å²) >= 11 is 0. The lowest BCUT2D eigenvalue weighted by atomic mass is 10.0. The van der Waals surface area contributed by atoms with Gasteiger partial charge in [-0.1, -0.05) is 29.8 Å². The summed E-state index contributed by atoms with van der Waals surface area (Å²) in [6.07, 6.45) is -4.81. The van der Waals surface area contributed by atoms with Crippen molar-refractivity contribution in [3.05, 3.63) is 65.4 Å². The highest BCUT2D eigenvalue weighted by Gasteiger charge is 2.40. The van der Waals surface area contributed by atoms with Crippen molar-refractivity contribution >= 4 is 16.2 Å². The third-order valence-electron chi connectivity index (χ3n) is 3.86. The summed E-state index contributed by atoms with van der Waals surface area (Å²) in [5, 5.41) is 13.0. The number of aryl methyl sites for hydroxylation is 1. The maximum absolute atomic E-state index is 13.4. The zero-order valence-corrected chi connectivity index (χ0v) is 15.1. The summed E-state index contributed by atoms with van der Waals surface area (Å²) < 4.78 is 65.9. The molecule has 0 amide bonds. The number of aromatic nitrogens is 2. The van der Waals surface area contributed by atoms with E-state index in [1.807, 2.05) is 6.92 Å². The molecule has 1 aromatic heterocycles. The van der Waals surface area contributed by atoms with Gasteiger partial charge in [0.15, 0.2) is 5.69 Å². The second-order valence-corrected chi connectivity index (χ2v) is 6.40. The Hall–Kier alpha value is -3.45. The molecule has 0 N–H and O–H groups in total. The van der Waals surface area contributed by atoms with Gasteiger partial charge >= 0.3 is 16.7 Å². The average molecular weight is 404 g/mol. The Balaban J connectivity index is 2.28. The van der Waals surface area contributed by atoms with E-state index in [4.69, 9.17) is 0 Å². The number of nitriles is 1. The van der Waals surface area contributed by atoms with Crippen LogP contribution in [0.5, 0.6) is 0 Å². The Morgan fingerprint density at radius 3 is 2.18 bits per heavy atom. The monoisotopic (exact) mass is 404 g/mol. The van der Waals surface area contributed by atoms with Crippen LogP contribution in [-0.2, 0) is 16.7 Å². The van der Waals surface area contributed by atoms with E-state index in [-0.39, 0.29) is 17.1 Å². The van der Waals surface area contributed by atoms with E-state index in [1.165, 1.54) is 24.3 Å². The highest BCUT2D eigenvalue weighted by Crippen LogP contribution is 2.37. The lowest BCUT2D eigenvalue weighted by Gasteiger charge is -2.08. The highest BCUT2D eigenvalue weighted by molar-refractivity contribution is 7.61. The molecule has 0 aliphatic carbocycles. The first-order valence-electron chi connectivity index (χ1n) is 7.79.